The van der Waals surface area contributed by atoms with Crippen LogP contribution in [0.2, 0.25) is 0 Å². The minimum absolute atomic E-state index is 0.211. The van der Waals surface area contributed by atoms with Crippen molar-refractivity contribution >= 4 is 28.2 Å². The van der Waals surface area contributed by atoms with Gasteiger partial charge in [0.25, 0.3) is 0 Å². The van der Waals surface area contributed by atoms with Crippen molar-refractivity contribution in [3.63, 3.8) is 0 Å². The number of nitrogens with one attached hydrogen (secondary N) is 2. The molecule has 0 aromatic heterocycles. The number of hydrogen-bond donors (Lipinski definition) is 2. The van der Waals surface area contributed by atoms with E-state index >= 15 is 0 Å². The van der Waals surface area contributed by atoms with Crippen molar-refractivity contribution in [3.8, 4) is 0 Å². The largest absolute Gasteiger partial charge is 0.419 e. The van der Waals surface area contributed by atoms with E-state index in [0.717, 1.165) is 12.1 Å². The van der Waals surface area contributed by atoms with Crippen molar-refractivity contribution in [1.82, 2.24) is 10.0 Å². The van der Waals surface area contributed by atoms with Gasteiger partial charge in [0.2, 0.25) is 0 Å². The number of carbonyl (C=O) groups excluding carboxylic acids is 1. The molecule has 1 aromatic rings. The van der Waals surface area contributed by atoms with Gasteiger partial charge in [-0.1, -0.05) is 12.1 Å². The highest BCUT2D eigenvalue weighted by Gasteiger charge is 2.35. The second kappa shape index (κ2) is 6.80. The highest BCUT2D eigenvalue weighted by molar-refractivity contribution is 8.31. The summed E-state index contributed by atoms with van der Waals surface area (Å²) in [6, 6.07) is 4.76. The second-order valence-electron chi connectivity index (χ2n) is 4.33. The fourth-order valence-electron chi connectivity index (χ4n) is 1.83. The molecule has 1 aromatic carbocycles. The van der Waals surface area contributed by atoms with E-state index in [9.17, 15) is 18.0 Å². The summed E-state index contributed by atoms with van der Waals surface area (Å²) >= 11 is 5.47. The van der Waals surface area contributed by atoms with Crippen molar-refractivity contribution in [1.29, 1.82) is 0 Å². The standard InChI is InChI=1S/C13H14ClF3N2O2S/c14-5-7-18-12(20)21-22(8-2-6-19-22)11-4-1-3-10(9-11)13(15,16)17/h1-4,8-9,19H,5-7H2,(H,18,20). The first-order valence-corrected chi connectivity index (χ1v) is 8.48. The maximum absolute atomic E-state index is 12.8. The van der Waals surface area contributed by atoms with E-state index in [-0.39, 0.29) is 17.3 Å². The van der Waals surface area contributed by atoms with Gasteiger partial charge in [0, 0.05) is 39.8 Å². The van der Waals surface area contributed by atoms with Gasteiger partial charge in [-0.3, -0.25) is 0 Å². The zero-order chi connectivity index (χ0) is 16.2. The Kier molecular flexibility index (Phi) is 5.25. The van der Waals surface area contributed by atoms with Crippen LogP contribution in [0.3, 0.4) is 0 Å². The Bertz CT molecular complexity index is 583. The zero-order valence-corrected chi connectivity index (χ0v) is 12.9. The lowest BCUT2D eigenvalue weighted by Crippen LogP contribution is -2.30. The monoisotopic (exact) mass is 354 g/mol. The third-order valence-electron chi connectivity index (χ3n) is 2.79. The van der Waals surface area contributed by atoms with Gasteiger partial charge in [0.1, 0.15) is 0 Å². The van der Waals surface area contributed by atoms with E-state index in [1.165, 1.54) is 12.1 Å². The average Bonchev–Trinajstić information content (AvgIpc) is 2.94. The molecule has 0 saturated heterocycles. The van der Waals surface area contributed by atoms with Gasteiger partial charge in [-0.2, -0.15) is 13.2 Å². The molecule has 1 atom stereocenters. The Labute approximate surface area is 132 Å². The molecule has 0 saturated carbocycles. The van der Waals surface area contributed by atoms with Crippen LogP contribution in [0.25, 0.3) is 0 Å². The van der Waals surface area contributed by atoms with Gasteiger partial charge in [0.15, 0.2) is 0 Å². The fraction of sp³-hybridized carbons (Fsp3) is 0.308. The van der Waals surface area contributed by atoms with Crippen LogP contribution in [0.5, 0.6) is 0 Å². The van der Waals surface area contributed by atoms with E-state index < -0.39 is 28.3 Å². The van der Waals surface area contributed by atoms with Gasteiger partial charge in [-0.15, -0.1) is 11.6 Å². The van der Waals surface area contributed by atoms with Crippen molar-refractivity contribution < 1.29 is 22.1 Å². The van der Waals surface area contributed by atoms with Gasteiger partial charge in [-0.25, -0.2) is 9.52 Å². The molecule has 0 aliphatic carbocycles. The highest BCUT2D eigenvalue weighted by atomic mass is 35.5. The van der Waals surface area contributed by atoms with Gasteiger partial charge in [0.05, 0.1) is 5.56 Å². The number of halogens is 4. The summed E-state index contributed by atoms with van der Waals surface area (Å²) in [5, 5.41) is 4.03. The van der Waals surface area contributed by atoms with E-state index in [0.29, 0.717) is 6.54 Å². The fourth-order valence-corrected chi connectivity index (χ4v) is 4.15. The van der Waals surface area contributed by atoms with Crippen LogP contribution in [0.1, 0.15) is 5.56 Å². The lowest BCUT2D eigenvalue weighted by atomic mass is 10.2. The topological polar surface area (TPSA) is 50.4 Å². The summed E-state index contributed by atoms with van der Waals surface area (Å²) in [5.74, 6) is 0.213. The first-order valence-electron chi connectivity index (χ1n) is 6.32. The summed E-state index contributed by atoms with van der Waals surface area (Å²) in [5.41, 5.74) is -0.788. The van der Waals surface area contributed by atoms with Gasteiger partial charge >= 0.3 is 12.3 Å². The quantitative estimate of drug-likeness (QED) is 0.809. The normalized spacial score (nSPS) is 23.8. The first kappa shape index (κ1) is 17.0. The molecule has 1 unspecified atom stereocenters. The number of rotatable bonds is 4. The third kappa shape index (κ3) is 3.88. The predicted molar refractivity (Wildman–Crippen MR) is 79.6 cm³/mol. The third-order valence-corrected chi connectivity index (χ3v) is 5.51. The molecule has 1 aliphatic heterocycles. The Morgan fingerprint density at radius 1 is 1.45 bits per heavy atom. The maximum atomic E-state index is 12.8. The summed E-state index contributed by atoms with van der Waals surface area (Å²) in [4.78, 5) is 12.0. The number of alkyl halides is 4. The number of carbonyl (C=O) groups is 1. The van der Waals surface area contributed by atoms with Crippen molar-refractivity contribution in [2.24, 2.45) is 0 Å². The molecule has 0 spiro atoms. The van der Waals surface area contributed by atoms with Crippen molar-refractivity contribution in [2.45, 2.75) is 11.1 Å². The molecule has 2 rings (SSSR count). The Balaban J connectivity index is 2.28. The van der Waals surface area contributed by atoms with Crippen LogP contribution in [-0.2, 0) is 10.4 Å². The predicted octanol–water partition coefficient (Wildman–Crippen LogP) is 3.78. The molecule has 2 N–H and O–H groups in total. The molecule has 9 heteroatoms. The Morgan fingerprint density at radius 2 is 2.23 bits per heavy atom. The lowest BCUT2D eigenvalue weighted by Gasteiger charge is -2.33. The molecule has 1 heterocycles. The number of amides is 1. The summed E-state index contributed by atoms with van der Waals surface area (Å²) in [7, 11) is -2.44. The molecule has 0 fully saturated rings. The number of hydrogen-bond acceptors (Lipinski definition) is 3. The van der Waals surface area contributed by atoms with Gasteiger partial charge < -0.3 is 9.50 Å². The minimum atomic E-state index is -4.46. The van der Waals surface area contributed by atoms with Gasteiger partial charge in [-0.05, 0) is 18.2 Å². The first-order chi connectivity index (χ1) is 10.4. The second-order valence-corrected chi connectivity index (χ2v) is 7.11. The Hall–Kier alpha value is -1.38. The van der Waals surface area contributed by atoms with Crippen molar-refractivity contribution in [2.75, 3.05) is 19.0 Å². The molecule has 1 amide bonds. The van der Waals surface area contributed by atoms with Crippen LogP contribution in [0.15, 0.2) is 40.6 Å². The smallest absolute Gasteiger partial charge is 0.377 e. The molecule has 22 heavy (non-hydrogen) atoms. The summed E-state index contributed by atoms with van der Waals surface area (Å²) in [6.45, 7) is 0.622. The van der Waals surface area contributed by atoms with Crippen molar-refractivity contribution in [3.05, 3.63) is 41.3 Å². The summed E-state index contributed by atoms with van der Waals surface area (Å²) < 4.78 is 46.9. The molecule has 1 aliphatic rings. The molecule has 4 nitrogen and oxygen atoms in total. The van der Waals surface area contributed by atoms with E-state index in [1.807, 2.05) is 0 Å². The zero-order valence-electron chi connectivity index (χ0n) is 11.3. The van der Waals surface area contributed by atoms with Crippen LogP contribution in [0.4, 0.5) is 18.0 Å². The van der Waals surface area contributed by atoms with Crippen LogP contribution < -0.4 is 10.0 Å². The molecule has 122 valence electrons. The lowest BCUT2D eigenvalue weighted by molar-refractivity contribution is -0.137. The molecule has 0 radical (unpaired) electrons. The average molecular weight is 355 g/mol. The van der Waals surface area contributed by atoms with E-state index in [1.54, 1.807) is 11.5 Å². The SMILES string of the molecule is O=C(NCCCl)OS1(c2cccc(C(F)(F)F)c2)C=CCN1. The van der Waals surface area contributed by atoms with Crippen LogP contribution in [0, 0.1) is 0 Å². The summed E-state index contributed by atoms with van der Waals surface area (Å²) in [6.07, 6.45) is -3.48. The number of benzene rings is 1. The maximum Gasteiger partial charge on any atom is 0.419 e. The highest BCUT2D eigenvalue weighted by Crippen LogP contribution is 2.57. The van der Waals surface area contributed by atoms with E-state index in [4.69, 9.17) is 15.8 Å². The molecule has 0 bridgehead atoms. The minimum Gasteiger partial charge on any atom is -0.377 e. The molecular formula is C13H14ClF3N2O2S. The van der Waals surface area contributed by atoms with E-state index in [2.05, 4.69) is 10.0 Å². The van der Waals surface area contributed by atoms with Crippen LogP contribution >= 0.6 is 22.1 Å². The van der Waals surface area contributed by atoms with Crippen LogP contribution in [-0.4, -0.2) is 25.1 Å². The molecular weight excluding hydrogens is 341 g/mol. The Morgan fingerprint density at radius 3 is 2.82 bits per heavy atom.